The zero-order valence-corrected chi connectivity index (χ0v) is 16.5. The summed E-state index contributed by atoms with van der Waals surface area (Å²) in [6.45, 7) is 6.68. The zero-order valence-electron chi connectivity index (χ0n) is 15.7. The van der Waals surface area contributed by atoms with Crippen molar-refractivity contribution in [3.63, 3.8) is 0 Å². The minimum Gasteiger partial charge on any atom is -0.325 e. The summed E-state index contributed by atoms with van der Waals surface area (Å²) in [6, 6.07) is 16.2. The third-order valence-corrected chi connectivity index (χ3v) is 5.79. The van der Waals surface area contributed by atoms with Gasteiger partial charge >= 0.3 is 0 Å². The number of para-hydroxylation sites is 2. The van der Waals surface area contributed by atoms with Gasteiger partial charge in [0.25, 0.3) is 0 Å². The molecule has 26 heavy (non-hydrogen) atoms. The number of carbonyl (C=O) groups excluding carboxylic acids is 1. The molecule has 0 radical (unpaired) electrons. The highest BCUT2D eigenvalue weighted by Crippen LogP contribution is 2.29. The lowest BCUT2D eigenvalue weighted by atomic mass is 10.0. The van der Waals surface area contributed by atoms with Gasteiger partial charge in [-0.15, -0.1) is 11.3 Å². The number of nitrogens with one attached hydrogen (secondary N) is 1. The molecule has 0 unspecified atom stereocenters. The van der Waals surface area contributed by atoms with E-state index in [0.717, 1.165) is 21.8 Å². The Morgan fingerprint density at radius 1 is 1.12 bits per heavy atom. The predicted molar refractivity (Wildman–Crippen MR) is 110 cm³/mol. The molecule has 0 aliphatic rings. The fraction of sp³-hybridized carbons (Fsp3) is 0.333. The lowest BCUT2D eigenvalue weighted by Crippen LogP contribution is -2.32. The third-order valence-electron chi connectivity index (χ3n) is 4.58. The maximum Gasteiger partial charge on any atom is 0.238 e. The average molecular weight is 368 g/mol. The fourth-order valence-corrected chi connectivity index (χ4v) is 4.01. The molecule has 3 rings (SSSR count). The van der Waals surface area contributed by atoms with Crippen LogP contribution in [0.15, 0.2) is 48.5 Å². The maximum absolute atomic E-state index is 12.5. The second-order valence-corrected chi connectivity index (χ2v) is 7.96. The number of carbonyl (C=O) groups is 1. The van der Waals surface area contributed by atoms with E-state index in [1.54, 1.807) is 11.3 Å². The summed E-state index contributed by atoms with van der Waals surface area (Å²) >= 11 is 1.69. The van der Waals surface area contributed by atoms with E-state index in [-0.39, 0.29) is 11.9 Å². The van der Waals surface area contributed by atoms with Gasteiger partial charge in [0.15, 0.2) is 0 Å². The molecular weight excluding hydrogens is 342 g/mol. The molecule has 1 heterocycles. The first-order chi connectivity index (χ1) is 12.5. The molecule has 4 nitrogen and oxygen atoms in total. The molecule has 3 aromatic rings. The first-order valence-electron chi connectivity index (χ1n) is 8.90. The molecule has 1 aromatic heterocycles. The van der Waals surface area contributed by atoms with Crippen LogP contribution in [0.3, 0.4) is 0 Å². The van der Waals surface area contributed by atoms with Crippen molar-refractivity contribution in [2.75, 3.05) is 18.9 Å². The Kier molecular flexibility index (Phi) is 5.69. The van der Waals surface area contributed by atoms with E-state index in [0.29, 0.717) is 12.5 Å². The van der Waals surface area contributed by atoms with E-state index >= 15 is 0 Å². The molecule has 0 saturated heterocycles. The molecule has 1 amide bonds. The molecule has 136 valence electrons. The number of likely N-dealkylation sites (N-methyl/N-ethyl adjacent to an activating group) is 1. The van der Waals surface area contributed by atoms with Crippen LogP contribution in [0.2, 0.25) is 0 Å². The molecular formula is C21H25N3OS. The van der Waals surface area contributed by atoms with Gasteiger partial charge in [-0.1, -0.05) is 44.2 Å². The van der Waals surface area contributed by atoms with Gasteiger partial charge in [-0.3, -0.25) is 9.69 Å². The maximum atomic E-state index is 12.5. The minimum atomic E-state index is -0.00596. The number of benzene rings is 2. The molecule has 1 atom stereocenters. The molecule has 0 bridgehead atoms. The van der Waals surface area contributed by atoms with E-state index in [2.05, 4.69) is 38.2 Å². The first-order valence-corrected chi connectivity index (χ1v) is 9.72. The van der Waals surface area contributed by atoms with Crippen molar-refractivity contribution >= 4 is 33.1 Å². The fourth-order valence-electron chi connectivity index (χ4n) is 2.92. The Bertz CT molecular complexity index is 870. The lowest BCUT2D eigenvalue weighted by molar-refractivity contribution is -0.117. The number of hydrogen-bond donors (Lipinski definition) is 1. The van der Waals surface area contributed by atoms with Crippen molar-refractivity contribution in [3.8, 4) is 0 Å². The molecule has 0 fully saturated rings. The number of nitrogens with zero attached hydrogens (tertiary/aromatic N) is 2. The third kappa shape index (κ3) is 4.11. The van der Waals surface area contributed by atoms with Crippen LogP contribution in [0.1, 0.15) is 43.3 Å². The van der Waals surface area contributed by atoms with Crippen LogP contribution in [-0.4, -0.2) is 29.4 Å². The number of rotatable bonds is 6. The van der Waals surface area contributed by atoms with Crippen molar-refractivity contribution in [1.82, 2.24) is 9.88 Å². The van der Waals surface area contributed by atoms with Gasteiger partial charge < -0.3 is 5.32 Å². The van der Waals surface area contributed by atoms with Crippen molar-refractivity contribution in [3.05, 3.63) is 59.1 Å². The zero-order chi connectivity index (χ0) is 18.7. The Morgan fingerprint density at radius 3 is 2.54 bits per heavy atom. The molecule has 2 aromatic carbocycles. The average Bonchev–Trinajstić information content (AvgIpc) is 3.05. The predicted octanol–water partition coefficient (Wildman–Crippen LogP) is 5.05. The highest BCUT2D eigenvalue weighted by Gasteiger charge is 2.19. The quantitative estimate of drug-likeness (QED) is 0.663. The summed E-state index contributed by atoms with van der Waals surface area (Å²) in [6.07, 6.45) is 0. The number of aromatic nitrogens is 1. The highest BCUT2D eigenvalue weighted by atomic mass is 32.1. The standard InChI is InChI=1S/C21H25N3OS/c1-14(2)16-9-5-6-10-17(16)22-20(25)13-24(4)15(3)21-23-18-11-7-8-12-19(18)26-21/h5-12,14-15H,13H2,1-4H3,(H,22,25)/t15-/m1/s1. The summed E-state index contributed by atoms with van der Waals surface area (Å²) in [4.78, 5) is 19.3. The topological polar surface area (TPSA) is 45.2 Å². The van der Waals surface area contributed by atoms with Gasteiger partial charge in [0.2, 0.25) is 5.91 Å². The summed E-state index contributed by atoms with van der Waals surface area (Å²) in [5.74, 6) is 0.361. The van der Waals surface area contributed by atoms with Gasteiger partial charge in [0, 0.05) is 5.69 Å². The van der Waals surface area contributed by atoms with Crippen LogP contribution < -0.4 is 5.32 Å². The monoisotopic (exact) mass is 367 g/mol. The number of anilines is 1. The van der Waals surface area contributed by atoms with E-state index in [1.807, 2.05) is 48.3 Å². The number of fused-ring (bicyclic) bond motifs is 1. The van der Waals surface area contributed by atoms with Crippen molar-refractivity contribution in [2.45, 2.75) is 32.7 Å². The Labute approximate surface area is 158 Å². The van der Waals surface area contributed by atoms with E-state index < -0.39 is 0 Å². The lowest BCUT2D eigenvalue weighted by Gasteiger charge is -2.22. The van der Waals surface area contributed by atoms with Crippen LogP contribution >= 0.6 is 11.3 Å². The van der Waals surface area contributed by atoms with E-state index in [4.69, 9.17) is 4.98 Å². The molecule has 0 spiro atoms. The minimum absolute atomic E-state index is 0.00596. The van der Waals surface area contributed by atoms with Gasteiger partial charge in [-0.2, -0.15) is 0 Å². The van der Waals surface area contributed by atoms with Gasteiger partial charge in [-0.05, 0) is 43.7 Å². The van der Waals surface area contributed by atoms with Crippen LogP contribution in [0.25, 0.3) is 10.2 Å². The van der Waals surface area contributed by atoms with Crippen LogP contribution in [0.4, 0.5) is 5.69 Å². The molecule has 0 saturated carbocycles. The molecule has 0 aliphatic carbocycles. The van der Waals surface area contributed by atoms with Crippen molar-refractivity contribution in [1.29, 1.82) is 0 Å². The Morgan fingerprint density at radius 2 is 1.81 bits per heavy atom. The highest BCUT2D eigenvalue weighted by molar-refractivity contribution is 7.18. The van der Waals surface area contributed by atoms with Gasteiger partial charge in [-0.25, -0.2) is 4.98 Å². The van der Waals surface area contributed by atoms with Gasteiger partial charge in [0.1, 0.15) is 5.01 Å². The van der Waals surface area contributed by atoms with E-state index in [1.165, 1.54) is 4.70 Å². The number of amides is 1. The summed E-state index contributed by atoms with van der Waals surface area (Å²) < 4.78 is 1.18. The van der Waals surface area contributed by atoms with Gasteiger partial charge in [0.05, 0.1) is 22.8 Å². The summed E-state index contributed by atoms with van der Waals surface area (Å²) in [5, 5.41) is 4.09. The Hall–Kier alpha value is -2.24. The first kappa shape index (κ1) is 18.5. The van der Waals surface area contributed by atoms with Crippen LogP contribution in [0, 0.1) is 0 Å². The summed E-state index contributed by atoms with van der Waals surface area (Å²) in [7, 11) is 1.96. The van der Waals surface area contributed by atoms with Crippen LogP contribution in [-0.2, 0) is 4.79 Å². The summed E-state index contributed by atoms with van der Waals surface area (Å²) in [5.41, 5.74) is 3.07. The van der Waals surface area contributed by atoms with Crippen molar-refractivity contribution in [2.24, 2.45) is 0 Å². The second-order valence-electron chi connectivity index (χ2n) is 6.90. The smallest absolute Gasteiger partial charge is 0.238 e. The number of hydrogen-bond acceptors (Lipinski definition) is 4. The SMILES string of the molecule is CC(C)c1ccccc1NC(=O)CN(C)[C@H](C)c1nc2ccccc2s1. The Balaban J connectivity index is 1.67. The van der Waals surface area contributed by atoms with Crippen molar-refractivity contribution < 1.29 is 4.79 Å². The molecule has 5 heteroatoms. The number of thiazole rings is 1. The normalized spacial score (nSPS) is 12.7. The largest absolute Gasteiger partial charge is 0.325 e. The molecule has 0 aliphatic heterocycles. The molecule has 1 N–H and O–H groups in total. The second kappa shape index (κ2) is 7.98. The van der Waals surface area contributed by atoms with Crippen LogP contribution in [0.5, 0.6) is 0 Å². The van der Waals surface area contributed by atoms with E-state index in [9.17, 15) is 4.79 Å².